The molecule has 1 aromatic heterocycles. The van der Waals surface area contributed by atoms with Crippen molar-refractivity contribution in [2.75, 3.05) is 4.90 Å². The molecule has 3 aliphatic carbocycles. The number of hydrogen-bond acceptors (Lipinski definition) is 2. The molecule has 11 aromatic rings. The van der Waals surface area contributed by atoms with Crippen LogP contribution in [-0.4, -0.2) is 0 Å². The van der Waals surface area contributed by atoms with Gasteiger partial charge in [-0.1, -0.05) is 210 Å². The number of furan rings is 1. The molecule has 14 rings (SSSR count). The normalized spacial score (nSPS) is 15.0. The second kappa shape index (κ2) is 14.4. The summed E-state index contributed by atoms with van der Waals surface area (Å²) in [6.45, 7) is 9.55. The molecule has 0 amide bonds. The molecule has 0 saturated heterocycles. The van der Waals surface area contributed by atoms with Gasteiger partial charge < -0.3 is 9.32 Å². The van der Waals surface area contributed by atoms with Crippen LogP contribution in [0.25, 0.3) is 66.4 Å². The third kappa shape index (κ3) is 5.43. The van der Waals surface area contributed by atoms with Gasteiger partial charge in [-0.2, -0.15) is 0 Å². The second-order valence-corrected chi connectivity index (χ2v) is 20.4. The minimum Gasteiger partial charge on any atom is -0.456 e. The molecule has 0 aliphatic heterocycles. The minimum atomic E-state index is -0.652. The van der Waals surface area contributed by atoms with E-state index in [2.05, 4.69) is 257 Å². The lowest BCUT2D eigenvalue weighted by Crippen LogP contribution is -2.28. The summed E-state index contributed by atoms with van der Waals surface area (Å²) in [5.41, 5.74) is 24.3. The molecule has 0 saturated carbocycles. The van der Waals surface area contributed by atoms with Crippen molar-refractivity contribution in [3.05, 3.63) is 269 Å². The zero-order valence-corrected chi connectivity index (χ0v) is 39.2. The van der Waals surface area contributed by atoms with Gasteiger partial charge in [0.25, 0.3) is 0 Å². The number of benzene rings is 10. The van der Waals surface area contributed by atoms with Gasteiger partial charge in [0.1, 0.15) is 11.2 Å². The van der Waals surface area contributed by atoms with Gasteiger partial charge in [0.2, 0.25) is 0 Å². The average Bonchev–Trinajstić information content (AvgIpc) is 4.06. The van der Waals surface area contributed by atoms with E-state index in [1.807, 2.05) is 0 Å². The van der Waals surface area contributed by atoms with E-state index in [0.29, 0.717) is 0 Å². The van der Waals surface area contributed by atoms with E-state index in [1.165, 1.54) is 83.5 Å². The molecule has 1 heterocycles. The molecule has 3 aliphatic rings. The number of fused-ring (bicyclic) bond motifs is 12. The van der Waals surface area contributed by atoms with Crippen LogP contribution in [0, 0.1) is 0 Å². The summed E-state index contributed by atoms with van der Waals surface area (Å²) in [4.78, 5) is 2.60. The van der Waals surface area contributed by atoms with Crippen molar-refractivity contribution >= 4 is 39.0 Å². The van der Waals surface area contributed by atoms with Crippen molar-refractivity contribution in [1.29, 1.82) is 0 Å². The number of rotatable bonds is 6. The van der Waals surface area contributed by atoms with Gasteiger partial charge >= 0.3 is 0 Å². The average molecular weight is 884 g/mol. The van der Waals surface area contributed by atoms with Crippen LogP contribution in [0.4, 0.5) is 17.1 Å². The molecule has 2 nitrogen and oxygen atoms in total. The molecular weight excluding hydrogens is 835 g/mol. The lowest BCUT2D eigenvalue weighted by molar-refractivity contribution is 0.660. The van der Waals surface area contributed by atoms with E-state index in [0.717, 1.165) is 44.6 Å². The van der Waals surface area contributed by atoms with Gasteiger partial charge in [-0.25, -0.2) is 0 Å². The molecule has 0 radical (unpaired) electrons. The highest BCUT2D eigenvalue weighted by Crippen LogP contribution is 2.63. The van der Waals surface area contributed by atoms with Gasteiger partial charge in [0, 0.05) is 33.2 Å². The fraction of sp³-hybridized carbons (Fsp3) is 0.104. The maximum Gasteiger partial charge on any atom is 0.137 e. The van der Waals surface area contributed by atoms with Crippen LogP contribution >= 0.6 is 0 Å². The van der Waals surface area contributed by atoms with Crippen molar-refractivity contribution in [2.24, 2.45) is 0 Å². The molecule has 2 heteroatoms. The van der Waals surface area contributed by atoms with Crippen LogP contribution in [-0.2, 0) is 16.2 Å². The minimum absolute atomic E-state index is 0.210. The maximum atomic E-state index is 7.27. The Kier molecular flexibility index (Phi) is 8.33. The third-order valence-electron chi connectivity index (χ3n) is 16.1. The predicted molar refractivity (Wildman–Crippen MR) is 286 cm³/mol. The quantitative estimate of drug-likeness (QED) is 0.165. The molecule has 0 unspecified atom stereocenters. The highest BCUT2D eigenvalue weighted by atomic mass is 16.3. The summed E-state index contributed by atoms with van der Waals surface area (Å²) in [5, 5.41) is 2.19. The lowest BCUT2D eigenvalue weighted by atomic mass is 9.67. The maximum absolute atomic E-state index is 7.27. The molecule has 0 fully saturated rings. The molecule has 10 aromatic carbocycles. The topological polar surface area (TPSA) is 16.4 Å². The van der Waals surface area contributed by atoms with Crippen molar-refractivity contribution in [3.63, 3.8) is 0 Å². The third-order valence-corrected chi connectivity index (χ3v) is 16.1. The Labute approximate surface area is 403 Å². The molecule has 0 N–H and O–H groups in total. The molecule has 69 heavy (non-hydrogen) atoms. The van der Waals surface area contributed by atoms with E-state index in [9.17, 15) is 0 Å². The van der Waals surface area contributed by atoms with Crippen molar-refractivity contribution in [1.82, 2.24) is 0 Å². The summed E-state index contributed by atoms with van der Waals surface area (Å²) in [6, 6.07) is 83.7. The largest absolute Gasteiger partial charge is 0.456 e. The van der Waals surface area contributed by atoms with Crippen LogP contribution in [0.2, 0.25) is 0 Å². The van der Waals surface area contributed by atoms with E-state index < -0.39 is 5.41 Å². The van der Waals surface area contributed by atoms with E-state index in [-0.39, 0.29) is 10.8 Å². The smallest absolute Gasteiger partial charge is 0.137 e. The summed E-state index contributed by atoms with van der Waals surface area (Å²) in [5.74, 6) is 0. The van der Waals surface area contributed by atoms with Crippen LogP contribution in [0.1, 0.15) is 72.2 Å². The first kappa shape index (κ1) is 39.9. The second-order valence-electron chi connectivity index (χ2n) is 20.4. The first-order chi connectivity index (χ1) is 33.7. The fourth-order valence-corrected chi connectivity index (χ4v) is 12.9. The highest BCUT2D eigenvalue weighted by Gasteiger charge is 2.49. The Bertz CT molecular complexity index is 3750. The Morgan fingerprint density at radius 2 is 0.826 bits per heavy atom. The zero-order chi connectivity index (χ0) is 46.2. The SMILES string of the molecule is CC1(C)c2ccccc2-c2ccc(N(c3ccc4c(c3)C(C)(C)c3ccccc3-4)c3c4c(cc5oc6ccc(-c7ccccc7)cc6c35)C(c3ccccc3)(c3ccccc3)c3ccccc3-4)cc21. The fourth-order valence-electron chi connectivity index (χ4n) is 12.9. The summed E-state index contributed by atoms with van der Waals surface area (Å²) in [6.07, 6.45) is 0. The summed E-state index contributed by atoms with van der Waals surface area (Å²) in [7, 11) is 0. The molecule has 0 spiro atoms. The summed E-state index contributed by atoms with van der Waals surface area (Å²) < 4.78 is 7.27. The monoisotopic (exact) mass is 883 g/mol. The van der Waals surface area contributed by atoms with Gasteiger partial charge in [0.15, 0.2) is 0 Å². The van der Waals surface area contributed by atoms with Crippen molar-refractivity contribution < 1.29 is 4.42 Å². The predicted octanol–water partition coefficient (Wildman–Crippen LogP) is 17.7. The molecule has 0 atom stereocenters. The molecular formula is C67H49NO. The number of nitrogens with zero attached hydrogens (tertiary/aromatic N) is 1. The van der Waals surface area contributed by atoms with Gasteiger partial charge in [0.05, 0.1) is 16.5 Å². The van der Waals surface area contributed by atoms with Gasteiger partial charge in [-0.15, -0.1) is 0 Å². The van der Waals surface area contributed by atoms with Gasteiger partial charge in [-0.3, -0.25) is 0 Å². The van der Waals surface area contributed by atoms with Crippen molar-refractivity contribution in [3.8, 4) is 44.5 Å². The van der Waals surface area contributed by atoms with E-state index in [1.54, 1.807) is 0 Å². The van der Waals surface area contributed by atoms with Crippen LogP contribution in [0.15, 0.2) is 229 Å². The zero-order valence-electron chi connectivity index (χ0n) is 39.2. The first-order valence-corrected chi connectivity index (χ1v) is 24.3. The first-order valence-electron chi connectivity index (χ1n) is 24.3. The summed E-state index contributed by atoms with van der Waals surface area (Å²) >= 11 is 0. The Morgan fingerprint density at radius 3 is 1.39 bits per heavy atom. The number of anilines is 3. The Morgan fingerprint density at radius 1 is 0.348 bits per heavy atom. The van der Waals surface area contributed by atoms with E-state index in [4.69, 9.17) is 4.42 Å². The van der Waals surface area contributed by atoms with E-state index >= 15 is 0 Å². The highest BCUT2D eigenvalue weighted by molar-refractivity contribution is 6.20. The molecule has 328 valence electrons. The van der Waals surface area contributed by atoms with Crippen LogP contribution in [0.3, 0.4) is 0 Å². The van der Waals surface area contributed by atoms with Crippen LogP contribution in [0.5, 0.6) is 0 Å². The number of hydrogen-bond donors (Lipinski definition) is 0. The Hall–Kier alpha value is -8.20. The Balaban J connectivity index is 1.16. The molecule has 0 bridgehead atoms. The standard InChI is InChI=1S/C67H49NO/c1-65(2)54-29-17-14-26-48(54)50-35-33-46(39-57(50)65)68(47-34-36-51-49-27-15-18-30-55(49)66(3,4)58(51)40-47)64-62-52-28-16-19-31-56(52)67(44-22-10-6-11-23-44,45-24-12-7-13-25-45)59(62)41-61-63(64)53-38-43(32-37-60(53)69-61)42-20-8-5-9-21-42/h5-41H,1-4H3. The van der Waals surface area contributed by atoms with Crippen molar-refractivity contribution in [2.45, 2.75) is 43.9 Å². The lowest BCUT2D eigenvalue weighted by Gasteiger charge is -2.35. The van der Waals surface area contributed by atoms with Gasteiger partial charge in [-0.05, 0) is 126 Å². The van der Waals surface area contributed by atoms with Crippen LogP contribution < -0.4 is 4.90 Å².